The van der Waals surface area contributed by atoms with Crippen LogP contribution in [0.2, 0.25) is 5.02 Å². The van der Waals surface area contributed by atoms with Gasteiger partial charge in [0, 0.05) is 24.0 Å². The number of amides is 1. The number of rotatable bonds is 5. The van der Waals surface area contributed by atoms with Crippen molar-refractivity contribution >= 4 is 17.5 Å². The molecule has 1 heterocycles. The molecule has 26 heavy (non-hydrogen) atoms. The van der Waals surface area contributed by atoms with E-state index in [1.165, 1.54) is 5.56 Å². The number of halogens is 1. The lowest BCUT2D eigenvalue weighted by molar-refractivity contribution is 0.0780. The van der Waals surface area contributed by atoms with Crippen molar-refractivity contribution in [3.8, 4) is 5.75 Å². The van der Waals surface area contributed by atoms with Gasteiger partial charge < -0.3 is 15.4 Å². The van der Waals surface area contributed by atoms with Crippen LogP contribution in [0, 0.1) is 5.92 Å². The molecule has 0 radical (unpaired) electrons. The van der Waals surface area contributed by atoms with Gasteiger partial charge in [-0.1, -0.05) is 41.9 Å². The molecule has 1 amide bonds. The monoisotopic (exact) mass is 372 g/mol. The SMILES string of the molecule is CC(C)Oc1ccc(Cl)cc1C(=O)N1C[C@@H](CN)[C@H](c2ccccc2)C1. The van der Waals surface area contributed by atoms with Crippen LogP contribution in [0.4, 0.5) is 0 Å². The van der Waals surface area contributed by atoms with Gasteiger partial charge in [0.05, 0.1) is 11.7 Å². The van der Waals surface area contributed by atoms with E-state index >= 15 is 0 Å². The van der Waals surface area contributed by atoms with Gasteiger partial charge in [0.1, 0.15) is 5.75 Å². The molecular weight excluding hydrogens is 348 g/mol. The first-order valence-electron chi connectivity index (χ1n) is 9.00. The highest BCUT2D eigenvalue weighted by molar-refractivity contribution is 6.31. The van der Waals surface area contributed by atoms with Crippen molar-refractivity contribution in [2.45, 2.75) is 25.9 Å². The summed E-state index contributed by atoms with van der Waals surface area (Å²) in [6, 6.07) is 15.5. The van der Waals surface area contributed by atoms with E-state index in [-0.39, 0.29) is 23.8 Å². The zero-order valence-electron chi connectivity index (χ0n) is 15.2. The number of hydrogen-bond donors (Lipinski definition) is 1. The Kier molecular flexibility index (Phi) is 5.84. The maximum Gasteiger partial charge on any atom is 0.257 e. The fraction of sp³-hybridized carbons (Fsp3) is 0.381. The van der Waals surface area contributed by atoms with Gasteiger partial charge in [-0.15, -0.1) is 0 Å². The highest BCUT2D eigenvalue weighted by atomic mass is 35.5. The molecule has 4 nitrogen and oxygen atoms in total. The maximum absolute atomic E-state index is 13.2. The fourth-order valence-electron chi connectivity index (χ4n) is 3.55. The van der Waals surface area contributed by atoms with Gasteiger partial charge in [-0.3, -0.25) is 4.79 Å². The summed E-state index contributed by atoms with van der Waals surface area (Å²) in [6.45, 7) is 5.72. The molecule has 2 aromatic rings. The Balaban J connectivity index is 1.86. The van der Waals surface area contributed by atoms with E-state index < -0.39 is 0 Å². The molecule has 2 aromatic carbocycles. The number of carbonyl (C=O) groups excluding carboxylic acids is 1. The van der Waals surface area contributed by atoms with Crippen LogP contribution in [0.25, 0.3) is 0 Å². The predicted octanol–water partition coefficient (Wildman–Crippen LogP) is 3.94. The van der Waals surface area contributed by atoms with Crippen molar-refractivity contribution in [3.05, 3.63) is 64.7 Å². The second-order valence-corrected chi connectivity index (χ2v) is 7.47. The summed E-state index contributed by atoms with van der Waals surface area (Å²) < 4.78 is 5.81. The fourth-order valence-corrected chi connectivity index (χ4v) is 3.72. The quantitative estimate of drug-likeness (QED) is 0.864. The molecule has 0 unspecified atom stereocenters. The van der Waals surface area contributed by atoms with Crippen molar-refractivity contribution < 1.29 is 9.53 Å². The highest BCUT2D eigenvalue weighted by Gasteiger charge is 2.36. The zero-order valence-corrected chi connectivity index (χ0v) is 15.9. The number of benzene rings is 2. The van der Waals surface area contributed by atoms with Gasteiger partial charge in [0.2, 0.25) is 0 Å². The molecule has 1 aliphatic rings. The van der Waals surface area contributed by atoms with E-state index in [0.29, 0.717) is 36.0 Å². The van der Waals surface area contributed by atoms with Crippen LogP contribution in [0.15, 0.2) is 48.5 Å². The maximum atomic E-state index is 13.2. The molecule has 1 fully saturated rings. The van der Waals surface area contributed by atoms with Crippen LogP contribution in [-0.2, 0) is 0 Å². The summed E-state index contributed by atoms with van der Waals surface area (Å²) in [4.78, 5) is 15.1. The molecule has 2 atom stereocenters. The molecule has 0 saturated carbocycles. The Morgan fingerprint density at radius 1 is 1.23 bits per heavy atom. The molecule has 0 aromatic heterocycles. The number of nitrogens with two attached hydrogens (primary N) is 1. The summed E-state index contributed by atoms with van der Waals surface area (Å²) in [6.07, 6.45) is -0.0184. The zero-order chi connectivity index (χ0) is 18.7. The lowest BCUT2D eigenvalue weighted by Crippen LogP contribution is -2.30. The highest BCUT2D eigenvalue weighted by Crippen LogP contribution is 2.34. The minimum absolute atomic E-state index is 0.0184. The first kappa shape index (κ1) is 18.7. The number of nitrogens with zero attached hydrogens (tertiary/aromatic N) is 1. The van der Waals surface area contributed by atoms with E-state index in [2.05, 4.69) is 12.1 Å². The Hall–Kier alpha value is -2.04. The predicted molar refractivity (Wildman–Crippen MR) is 105 cm³/mol. The molecular formula is C21H25ClN2O2. The number of hydrogen-bond acceptors (Lipinski definition) is 3. The van der Waals surface area contributed by atoms with Gasteiger partial charge in [-0.05, 0) is 50.1 Å². The molecule has 1 aliphatic heterocycles. The third kappa shape index (κ3) is 4.02. The second kappa shape index (κ2) is 8.11. The van der Waals surface area contributed by atoms with Gasteiger partial charge in [-0.2, -0.15) is 0 Å². The summed E-state index contributed by atoms with van der Waals surface area (Å²) >= 11 is 6.14. The van der Waals surface area contributed by atoms with Gasteiger partial charge in [0.15, 0.2) is 0 Å². The second-order valence-electron chi connectivity index (χ2n) is 7.03. The number of carbonyl (C=O) groups is 1. The average Bonchev–Trinajstić information content (AvgIpc) is 3.07. The van der Waals surface area contributed by atoms with Gasteiger partial charge in [0.25, 0.3) is 5.91 Å². The topological polar surface area (TPSA) is 55.6 Å². The molecule has 0 bridgehead atoms. The van der Waals surface area contributed by atoms with Crippen molar-refractivity contribution in [2.24, 2.45) is 11.7 Å². The van der Waals surface area contributed by atoms with Crippen molar-refractivity contribution in [1.29, 1.82) is 0 Å². The normalized spacial score (nSPS) is 19.8. The van der Waals surface area contributed by atoms with Crippen LogP contribution in [0.5, 0.6) is 5.75 Å². The minimum Gasteiger partial charge on any atom is -0.490 e. The van der Waals surface area contributed by atoms with Crippen LogP contribution in [0.1, 0.15) is 35.7 Å². The summed E-state index contributed by atoms with van der Waals surface area (Å²) in [5, 5.41) is 0.527. The lowest BCUT2D eigenvalue weighted by atomic mass is 9.89. The lowest BCUT2D eigenvalue weighted by Gasteiger charge is -2.20. The van der Waals surface area contributed by atoms with E-state index in [4.69, 9.17) is 22.1 Å². The molecule has 0 spiro atoms. The summed E-state index contributed by atoms with van der Waals surface area (Å²) in [5.74, 6) is 1.01. The Morgan fingerprint density at radius 2 is 1.96 bits per heavy atom. The van der Waals surface area contributed by atoms with Crippen LogP contribution in [-0.4, -0.2) is 36.5 Å². The summed E-state index contributed by atoms with van der Waals surface area (Å²) in [7, 11) is 0. The molecule has 138 valence electrons. The van der Waals surface area contributed by atoms with Crippen LogP contribution < -0.4 is 10.5 Å². The largest absolute Gasteiger partial charge is 0.490 e. The third-order valence-electron chi connectivity index (χ3n) is 4.79. The Morgan fingerprint density at radius 3 is 2.62 bits per heavy atom. The van der Waals surface area contributed by atoms with Gasteiger partial charge in [-0.25, -0.2) is 0 Å². The molecule has 3 rings (SSSR count). The Labute approximate surface area is 159 Å². The molecule has 0 aliphatic carbocycles. The smallest absolute Gasteiger partial charge is 0.257 e. The average molecular weight is 373 g/mol. The van der Waals surface area contributed by atoms with Crippen LogP contribution in [0.3, 0.4) is 0 Å². The van der Waals surface area contributed by atoms with Gasteiger partial charge >= 0.3 is 0 Å². The van der Waals surface area contributed by atoms with Crippen molar-refractivity contribution in [2.75, 3.05) is 19.6 Å². The first-order valence-corrected chi connectivity index (χ1v) is 9.38. The van der Waals surface area contributed by atoms with E-state index in [9.17, 15) is 4.79 Å². The molecule has 2 N–H and O–H groups in total. The number of ether oxygens (including phenoxy) is 1. The first-order chi connectivity index (χ1) is 12.5. The van der Waals surface area contributed by atoms with E-state index in [1.54, 1.807) is 18.2 Å². The molecule has 5 heteroatoms. The van der Waals surface area contributed by atoms with E-state index in [1.807, 2.05) is 36.9 Å². The Bertz CT molecular complexity index is 764. The number of likely N-dealkylation sites (tertiary alicyclic amines) is 1. The summed E-state index contributed by atoms with van der Waals surface area (Å²) in [5.41, 5.74) is 7.73. The standard InChI is InChI=1S/C21H25ClN2O2/c1-14(2)26-20-9-8-17(22)10-18(20)21(25)24-12-16(11-23)19(13-24)15-6-4-3-5-7-15/h3-10,14,16,19H,11-13,23H2,1-2H3/t16-,19+/m1/s1. The minimum atomic E-state index is -0.0555. The van der Waals surface area contributed by atoms with E-state index in [0.717, 1.165) is 0 Å². The van der Waals surface area contributed by atoms with Crippen LogP contribution >= 0.6 is 11.6 Å². The van der Waals surface area contributed by atoms with Crippen molar-refractivity contribution in [1.82, 2.24) is 4.90 Å². The third-order valence-corrected chi connectivity index (χ3v) is 5.03. The molecule has 1 saturated heterocycles. The van der Waals surface area contributed by atoms with Crippen molar-refractivity contribution in [3.63, 3.8) is 0 Å².